The smallest absolute Gasteiger partial charge is 0.0948 e. The molecule has 1 aliphatic heterocycles. The van der Waals surface area contributed by atoms with Crippen molar-refractivity contribution in [1.29, 1.82) is 0 Å². The molecule has 1 fully saturated rings. The molecule has 0 aromatic carbocycles. The Morgan fingerprint density at radius 3 is 2.63 bits per heavy atom. The van der Waals surface area contributed by atoms with Crippen LogP contribution in [0.15, 0.2) is 12.5 Å². The molecular formula is C15H28N4. The molecule has 1 aromatic rings. The summed E-state index contributed by atoms with van der Waals surface area (Å²) in [4.78, 5) is 6.85. The fourth-order valence-corrected chi connectivity index (χ4v) is 2.93. The number of hydrogen-bond acceptors (Lipinski definition) is 3. The van der Waals surface area contributed by atoms with Crippen LogP contribution >= 0.6 is 0 Å². The Morgan fingerprint density at radius 2 is 2.05 bits per heavy atom. The third-order valence-corrected chi connectivity index (χ3v) is 4.37. The van der Waals surface area contributed by atoms with E-state index in [9.17, 15) is 0 Å². The molecule has 4 nitrogen and oxygen atoms in total. The molecule has 19 heavy (non-hydrogen) atoms. The van der Waals surface area contributed by atoms with E-state index in [0.717, 1.165) is 26.1 Å². The van der Waals surface area contributed by atoms with Gasteiger partial charge in [-0.1, -0.05) is 20.8 Å². The molecule has 2 N–H and O–H groups in total. The van der Waals surface area contributed by atoms with E-state index in [1.54, 1.807) is 0 Å². The maximum absolute atomic E-state index is 6.04. The molecule has 0 amide bonds. The van der Waals surface area contributed by atoms with Crippen molar-refractivity contribution in [3.63, 3.8) is 0 Å². The van der Waals surface area contributed by atoms with Crippen LogP contribution in [0.3, 0.4) is 0 Å². The first kappa shape index (κ1) is 14.5. The van der Waals surface area contributed by atoms with Crippen LogP contribution in [0.25, 0.3) is 0 Å². The predicted octanol–water partition coefficient (Wildman–Crippen LogP) is 2.41. The number of nitrogens with two attached hydrogens (primary N) is 1. The van der Waals surface area contributed by atoms with E-state index in [-0.39, 0.29) is 0 Å². The third-order valence-electron chi connectivity index (χ3n) is 4.37. The maximum atomic E-state index is 6.04. The summed E-state index contributed by atoms with van der Waals surface area (Å²) in [6.45, 7) is 10.9. The highest BCUT2D eigenvalue weighted by Gasteiger charge is 2.30. The van der Waals surface area contributed by atoms with Gasteiger partial charge in [-0.2, -0.15) is 0 Å². The highest BCUT2D eigenvalue weighted by Crippen LogP contribution is 2.33. The zero-order chi connectivity index (χ0) is 13.9. The monoisotopic (exact) mass is 264 g/mol. The molecular weight excluding hydrogens is 236 g/mol. The van der Waals surface area contributed by atoms with E-state index < -0.39 is 0 Å². The molecule has 0 aliphatic carbocycles. The molecule has 1 aliphatic rings. The lowest BCUT2D eigenvalue weighted by Crippen LogP contribution is -2.42. The summed E-state index contributed by atoms with van der Waals surface area (Å²) in [5.74, 6) is 0. The first-order valence-electron chi connectivity index (χ1n) is 7.51. The third kappa shape index (κ3) is 3.37. The standard InChI is InChI=1S/C15H28N4/c1-4-7-19-12-17-11-14(19)13(10-16)18-8-5-15(2,3)6-9-18/h11-13H,4-10,16H2,1-3H3. The van der Waals surface area contributed by atoms with Crippen LogP contribution in [0.1, 0.15) is 51.8 Å². The first-order chi connectivity index (χ1) is 9.07. The topological polar surface area (TPSA) is 47.1 Å². The van der Waals surface area contributed by atoms with Crippen molar-refractivity contribution in [2.24, 2.45) is 11.1 Å². The van der Waals surface area contributed by atoms with Crippen molar-refractivity contribution in [1.82, 2.24) is 14.5 Å². The molecule has 108 valence electrons. The molecule has 4 heteroatoms. The van der Waals surface area contributed by atoms with E-state index in [4.69, 9.17) is 5.73 Å². The van der Waals surface area contributed by atoms with Crippen molar-refractivity contribution in [3.05, 3.63) is 18.2 Å². The molecule has 0 bridgehead atoms. The van der Waals surface area contributed by atoms with Gasteiger partial charge < -0.3 is 10.3 Å². The average molecular weight is 264 g/mol. The first-order valence-corrected chi connectivity index (χ1v) is 7.51. The molecule has 2 rings (SSSR count). The van der Waals surface area contributed by atoms with E-state index in [1.165, 1.54) is 18.5 Å². The normalized spacial score (nSPS) is 21.5. The van der Waals surface area contributed by atoms with Gasteiger partial charge in [0.15, 0.2) is 0 Å². The van der Waals surface area contributed by atoms with Crippen LogP contribution in [-0.2, 0) is 6.54 Å². The van der Waals surface area contributed by atoms with Crippen LogP contribution in [-0.4, -0.2) is 34.1 Å². The fourth-order valence-electron chi connectivity index (χ4n) is 2.93. The summed E-state index contributed by atoms with van der Waals surface area (Å²) in [6, 6.07) is 0.324. The van der Waals surface area contributed by atoms with E-state index >= 15 is 0 Å². The van der Waals surface area contributed by atoms with E-state index in [2.05, 4.69) is 35.2 Å². The minimum atomic E-state index is 0.324. The van der Waals surface area contributed by atoms with Gasteiger partial charge in [-0.3, -0.25) is 4.90 Å². The van der Waals surface area contributed by atoms with Crippen molar-refractivity contribution in [3.8, 4) is 0 Å². The summed E-state index contributed by atoms with van der Waals surface area (Å²) in [7, 11) is 0. The summed E-state index contributed by atoms with van der Waals surface area (Å²) in [5.41, 5.74) is 7.81. The van der Waals surface area contributed by atoms with Gasteiger partial charge in [-0.25, -0.2) is 4.98 Å². The highest BCUT2D eigenvalue weighted by molar-refractivity contribution is 5.07. The summed E-state index contributed by atoms with van der Waals surface area (Å²) in [6.07, 6.45) is 7.58. The summed E-state index contributed by atoms with van der Waals surface area (Å²) >= 11 is 0. The molecule has 1 unspecified atom stereocenters. The lowest BCUT2D eigenvalue weighted by Gasteiger charge is -2.40. The van der Waals surface area contributed by atoms with Gasteiger partial charge in [0.25, 0.3) is 0 Å². The Hall–Kier alpha value is -0.870. The Morgan fingerprint density at radius 1 is 1.37 bits per heavy atom. The van der Waals surface area contributed by atoms with Crippen molar-refractivity contribution < 1.29 is 0 Å². The maximum Gasteiger partial charge on any atom is 0.0948 e. The van der Waals surface area contributed by atoms with Crippen LogP contribution in [0.5, 0.6) is 0 Å². The molecule has 0 saturated carbocycles. The highest BCUT2D eigenvalue weighted by atomic mass is 15.2. The zero-order valence-corrected chi connectivity index (χ0v) is 12.6. The van der Waals surface area contributed by atoms with Gasteiger partial charge in [0.1, 0.15) is 0 Å². The minimum Gasteiger partial charge on any atom is -0.333 e. The van der Waals surface area contributed by atoms with Gasteiger partial charge >= 0.3 is 0 Å². The zero-order valence-electron chi connectivity index (χ0n) is 12.6. The van der Waals surface area contributed by atoms with E-state index in [1.807, 2.05) is 12.5 Å². The SMILES string of the molecule is CCCn1cncc1C(CN)N1CCC(C)(C)CC1. The van der Waals surface area contributed by atoms with Gasteiger partial charge in [0, 0.05) is 19.3 Å². The van der Waals surface area contributed by atoms with Gasteiger partial charge in [-0.05, 0) is 37.8 Å². The Labute approximate surface area is 117 Å². The van der Waals surface area contributed by atoms with Crippen LogP contribution in [0.4, 0.5) is 0 Å². The van der Waals surface area contributed by atoms with Crippen molar-refractivity contribution in [2.75, 3.05) is 19.6 Å². The largest absolute Gasteiger partial charge is 0.333 e. The minimum absolute atomic E-state index is 0.324. The van der Waals surface area contributed by atoms with Gasteiger partial charge in [-0.15, -0.1) is 0 Å². The number of hydrogen-bond donors (Lipinski definition) is 1. The predicted molar refractivity (Wildman–Crippen MR) is 78.9 cm³/mol. The number of aryl methyl sites for hydroxylation is 1. The van der Waals surface area contributed by atoms with E-state index in [0.29, 0.717) is 18.0 Å². The van der Waals surface area contributed by atoms with Crippen molar-refractivity contribution in [2.45, 2.75) is 52.6 Å². The quantitative estimate of drug-likeness (QED) is 0.888. The number of aromatic nitrogens is 2. The number of piperidine rings is 1. The molecule has 0 spiro atoms. The summed E-state index contributed by atoms with van der Waals surface area (Å²) in [5, 5.41) is 0. The lowest BCUT2D eigenvalue weighted by molar-refractivity contribution is 0.0931. The Bertz CT molecular complexity index is 387. The number of nitrogens with zero attached hydrogens (tertiary/aromatic N) is 3. The van der Waals surface area contributed by atoms with Crippen molar-refractivity contribution >= 4 is 0 Å². The number of rotatable bonds is 5. The molecule has 0 radical (unpaired) electrons. The second-order valence-electron chi connectivity index (χ2n) is 6.46. The number of likely N-dealkylation sites (tertiary alicyclic amines) is 1. The molecule has 1 aromatic heterocycles. The average Bonchev–Trinajstić information content (AvgIpc) is 2.81. The van der Waals surface area contributed by atoms with Gasteiger partial charge in [0.05, 0.1) is 18.1 Å². The molecule has 1 atom stereocenters. The van der Waals surface area contributed by atoms with Gasteiger partial charge in [0.2, 0.25) is 0 Å². The lowest BCUT2D eigenvalue weighted by atomic mass is 9.82. The molecule has 2 heterocycles. The Kier molecular flexibility index (Phi) is 4.63. The second-order valence-corrected chi connectivity index (χ2v) is 6.46. The van der Waals surface area contributed by atoms with Crippen LogP contribution < -0.4 is 5.73 Å². The second kappa shape index (κ2) is 6.06. The fraction of sp³-hybridized carbons (Fsp3) is 0.800. The molecule has 1 saturated heterocycles. The van der Waals surface area contributed by atoms with Crippen LogP contribution in [0.2, 0.25) is 0 Å². The number of imidazole rings is 1. The summed E-state index contributed by atoms with van der Waals surface area (Å²) < 4.78 is 2.26. The van der Waals surface area contributed by atoms with Crippen LogP contribution in [0, 0.1) is 5.41 Å². The Balaban J connectivity index is 2.09.